The highest BCUT2D eigenvalue weighted by molar-refractivity contribution is 5.61. The van der Waals surface area contributed by atoms with E-state index in [2.05, 4.69) is 48.4 Å². The van der Waals surface area contributed by atoms with Crippen LogP contribution in [0.3, 0.4) is 0 Å². The van der Waals surface area contributed by atoms with E-state index in [1.165, 1.54) is 5.56 Å². The second-order valence-corrected chi connectivity index (χ2v) is 3.80. The van der Waals surface area contributed by atoms with E-state index < -0.39 is 0 Å². The Kier molecular flexibility index (Phi) is 3.20. The second kappa shape index (κ2) is 4.79. The fraction of sp³-hybridized carbons (Fsp3) is 0.214. The maximum atomic E-state index is 4.55. The molecule has 2 nitrogen and oxygen atoms in total. The Labute approximate surface area is 96.4 Å². The van der Waals surface area contributed by atoms with Gasteiger partial charge in [-0.3, -0.25) is 0 Å². The van der Waals surface area contributed by atoms with Crippen LogP contribution < -0.4 is 5.32 Å². The molecule has 0 fully saturated rings. The molecule has 0 aliphatic rings. The van der Waals surface area contributed by atoms with Crippen LogP contribution in [0.5, 0.6) is 0 Å². The van der Waals surface area contributed by atoms with Gasteiger partial charge in [0.05, 0.1) is 5.69 Å². The first-order valence-corrected chi connectivity index (χ1v) is 5.57. The van der Waals surface area contributed by atoms with Gasteiger partial charge in [0.15, 0.2) is 0 Å². The third kappa shape index (κ3) is 2.40. The summed E-state index contributed by atoms with van der Waals surface area (Å²) < 4.78 is 0. The van der Waals surface area contributed by atoms with Crippen LogP contribution >= 0.6 is 0 Å². The molecule has 1 heterocycles. The van der Waals surface area contributed by atoms with Crippen LogP contribution in [0.2, 0.25) is 0 Å². The summed E-state index contributed by atoms with van der Waals surface area (Å²) in [6.07, 6.45) is 0. The normalized spacial score (nSPS) is 10.1. The summed E-state index contributed by atoms with van der Waals surface area (Å²) in [7, 11) is 0. The van der Waals surface area contributed by atoms with Gasteiger partial charge in [0.1, 0.15) is 5.82 Å². The van der Waals surface area contributed by atoms with E-state index in [1.807, 2.05) is 18.2 Å². The van der Waals surface area contributed by atoms with E-state index in [0.29, 0.717) is 0 Å². The highest BCUT2D eigenvalue weighted by Gasteiger charge is 1.99. The van der Waals surface area contributed by atoms with Gasteiger partial charge >= 0.3 is 0 Å². The summed E-state index contributed by atoms with van der Waals surface area (Å²) in [5.74, 6) is 0.931. The number of hydrogen-bond acceptors (Lipinski definition) is 2. The Morgan fingerprint density at radius 2 is 1.81 bits per heavy atom. The molecular formula is C14H16N2. The number of hydrogen-bond donors (Lipinski definition) is 1. The van der Waals surface area contributed by atoms with Gasteiger partial charge in [-0.25, -0.2) is 4.98 Å². The highest BCUT2D eigenvalue weighted by Crippen LogP contribution is 2.19. The molecule has 1 aromatic heterocycles. The number of pyridine rings is 1. The number of anilines is 1. The molecule has 16 heavy (non-hydrogen) atoms. The topological polar surface area (TPSA) is 24.9 Å². The van der Waals surface area contributed by atoms with E-state index in [9.17, 15) is 0 Å². The second-order valence-electron chi connectivity index (χ2n) is 3.80. The van der Waals surface area contributed by atoms with Gasteiger partial charge in [0.2, 0.25) is 0 Å². The summed E-state index contributed by atoms with van der Waals surface area (Å²) in [6, 6.07) is 14.5. The Balaban J connectivity index is 2.32. The lowest BCUT2D eigenvalue weighted by Crippen LogP contribution is -1.99. The molecule has 0 amide bonds. The number of rotatable bonds is 3. The van der Waals surface area contributed by atoms with Crippen LogP contribution in [-0.4, -0.2) is 11.5 Å². The smallest absolute Gasteiger partial charge is 0.126 e. The summed E-state index contributed by atoms with van der Waals surface area (Å²) in [5, 5.41) is 3.22. The molecule has 2 aromatic rings. The van der Waals surface area contributed by atoms with Crippen molar-refractivity contribution in [1.82, 2.24) is 4.98 Å². The lowest BCUT2D eigenvalue weighted by Gasteiger charge is -2.05. The summed E-state index contributed by atoms with van der Waals surface area (Å²) in [6.45, 7) is 5.05. The maximum absolute atomic E-state index is 4.55. The molecule has 0 saturated heterocycles. The molecule has 0 bridgehead atoms. The van der Waals surface area contributed by atoms with Crippen LogP contribution in [0.15, 0.2) is 42.5 Å². The Morgan fingerprint density at radius 1 is 1.06 bits per heavy atom. The quantitative estimate of drug-likeness (QED) is 0.842. The monoisotopic (exact) mass is 212 g/mol. The van der Waals surface area contributed by atoms with Crippen molar-refractivity contribution in [2.24, 2.45) is 0 Å². The minimum Gasteiger partial charge on any atom is -0.370 e. The molecule has 0 spiro atoms. The fourth-order valence-electron chi connectivity index (χ4n) is 1.60. The number of aromatic nitrogens is 1. The average Bonchev–Trinajstić information content (AvgIpc) is 2.31. The molecule has 0 unspecified atom stereocenters. The first kappa shape index (κ1) is 10.7. The zero-order valence-corrected chi connectivity index (χ0v) is 9.70. The third-order valence-corrected chi connectivity index (χ3v) is 2.45. The first-order chi connectivity index (χ1) is 7.79. The van der Waals surface area contributed by atoms with Crippen LogP contribution in [0.25, 0.3) is 11.3 Å². The van der Waals surface area contributed by atoms with E-state index in [-0.39, 0.29) is 0 Å². The third-order valence-electron chi connectivity index (χ3n) is 2.45. The molecule has 1 aromatic carbocycles. The Bertz CT molecular complexity index is 460. The average molecular weight is 212 g/mol. The summed E-state index contributed by atoms with van der Waals surface area (Å²) in [4.78, 5) is 4.55. The summed E-state index contributed by atoms with van der Waals surface area (Å²) in [5.41, 5.74) is 3.44. The predicted octanol–water partition coefficient (Wildman–Crippen LogP) is 3.49. The largest absolute Gasteiger partial charge is 0.370 e. The van der Waals surface area contributed by atoms with Gasteiger partial charge in [-0.15, -0.1) is 0 Å². The predicted molar refractivity (Wildman–Crippen MR) is 68.6 cm³/mol. The van der Waals surface area contributed by atoms with Crippen molar-refractivity contribution in [3.05, 3.63) is 48.0 Å². The van der Waals surface area contributed by atoms with Crippen molar-refractivity contribution in [1.29, 1.82) is 0 Å². The summed E-state index contributed by atoms with van der Waals surface area (Å²) >= 11 is 0. The van der Waals surface area contributed by atoms with Gasteiger partial charge in [0.25, 0.3) is 0 Å². The highest BCUT2D eigenvalue weighted by atomic mass is 15.0. The molecule has 1 N–H and O–H groups in total. The Morgan fingerprint density at radius 3 is 2.50 bits per heavy atom. The number of nitrogens with one attached hydrogen (secondary N) is 1. The zero-order chi connectivity index (χ0) is 11.4. The maximum Gasteiger partial charge on any atom is 0.126 e. The van der Waals surface area contributed by atoms with Crippen molar-refractivity contribution in [2.45, 2.75) is 13.8 Å². The van der Waals surface area contributed by atoms with Gasteiger partial charge in [-0.2, -0.15) is 0 Å². The minimum absolute atomic E-state index is 0.893. The van der Waals surface area contributed by atoms with E-state index in [4.69, 9.17) is 0 Å². The van der Waals surface area contributed by atoms with Crippen molar-refractivity contribution < 1.29 is 0 Å². The van der Waals surface area contributed by atoms with E-state index >= 15 is 0 Å². The number of nitrogens with zero attached hydrogens (tertiary/aromatic N) is 1. The molecule has 82 valence electrons. The standard InChI is InChI=1S/C14H16N2/c1-3-15-14-6-4-5-13(16-14)12-9-7-11(2)8-10-12/h4-10H,3H2,1-2H3,(H,15,16). The SMILES string of the molecule is CCNc1cccc(-c2ccc(C)cc2)n1. The van der Waals surface area contributed by atoms with Gasteiger partial charge in [0, 0.05) is 12.1 Å². The van der Waals surface area contributed by atoms with Crippen molar-refractivity contribution in [2.75, 3.05) is 11.9 Å². The van der Waals surface area contributed by atoms with Crippen LogP contribution in [0, 0.1) is 6.92 Å². The molecule has 0 saturated carbocycles. The van der Waals surface area contributed by atoms with Gasteiger partial charge in [-0.1, -0.05) is 35.9 Å². The number of aryl methyl sites for hydroxylation is 1. The van der Waals surface area contributed by atoms with Crippen molar-refractivity contribution in [3.8, 4) is 11.3 Å². The lowest BCUT2D eigenvalue weighted by atomic mass is 10.1. The molecule has 2 heteroatoms. The molecule has 0 aliphatic heterocycles. The van der Waals surface area contributed by atoms with E-state index in [1.54, 1.807) is 0 Å². The fourth-order valence-corrected chi connectivity index (χ4v) is 1.60. The minimum atomic E-state index is 0.893. The van der Waals surface area contributed by atoms with Crippen molar-refractivity contribution in [3.63, 3.8) is 0 Å². The molecule has 0 aliphatic carbocycles. The first-order valence-electron chi connectivity index (χ1n) is 5.57. The molecule has 0 atom stereocenters. The van der Waals surface area contributed by atoms with Crippen LogP contribution in [0.1, 0.15) is 12.5 Å². The van der Waals surface area contributed by atoms with Crippen LogP contribution in [0.4, 0.5) is 5.82 Å². The van der Waals surface area contributed by atoms with Gasteiger partial charge in [-0.05, 0) is 26.0 Å². The Hall–Kier alpha value is -1.83. The molecular weight excluding hydrogens is 196 g/mol. The van der Waals surface area contributed by atoms with Gasteiger partial charge < -0.3 is 5.32 Å². The molecule has 0 radical (unpaired) electrons. The van der Waals surface area contributed by atoms with Crippen molar-refractivity contribution >= 4 is 5.82 Å². The lowest BCUT2D eigenvalue weighted by molar-refractivity contribution is 1.16. The van der Waals surface area contributed by atoms with E-state index in [0.717, 1.165) is 23.6 Å². The molecule has 2 rings (SSSR count). The van der Waals surface area contributed by atoms with Crippen LogP contribution in [-0.2, 0) is 0 Å². The zero-order valence-electron chi connectivity index (χ0n) is 9.70. The number of benzene rings is 1.